The van der Waals surface area contributed by atoms with Crippen molar-refractivity contribution in [1.82, 2.24) is 10.2 Å². The van der Waals surface area contributed by atoms with Crippen molar-refractivity contribution in [3.8, 4) is 0 Å². The maximum absolute atomic E-state index is 13.4. The van der Waals surface area contributed by atoms with Crippen LogP contribution in [0.5, 0.6) is 0 Å². The van der Waals surface area contributed by atoms with Crippen LogP contribution in [0.25, 0.3) is 10.8 Å². The van der Waals surface area contributed by atoms with Crippen LogP contribution in [0.15, 0.2) is 48.5 Å². The number of hydrogen-bond acceptors (Lipinski definition) is 4. The molecular formula is C25H28N4O3S. The largest absolute Gasteiger partial charge is 0.353 e. The second kappa shape index (κ2) is 8.86. The quantitative estimate of drug-likeness (QED) is 0.520. The summed E-state index contributed by atoms with van der Waals surface area (Å²) in [5.41, 5.74) is 0.892. The molecule has 1 aliphatic heterocycles. The zero-order valence-corrected chi connectivity index (χ0v) is 20.0. The summed E-state index contributed by atoms with van der Waals surface area (Å²) in [6, 6.07) is 14.4. The van der Waals surface area contributed by atoms with E-state index in [1.807, 2.05) is 48.5 Å². The van der Waals surface area contributed by atoms with Gasteiger partial charge in [0.1, 0.15) is 11.0 Å². The number of carbonyl (C=O) groups is 3. The van der Waals surface area contributed by atoms with Crippen LogP contribution in [0.1, 0.15) is 42.9 Å². The highest BCUT2D eigenvalue weighted by molar-refractivity contribution is 7.16. The van der Waals surface area contributed by atoms with Gasteiger partial charge in [0, 0.05) is 23.4 Å². The van der Waals surface area contributed by atoms with E-state index in [1.165, 1.54) is 11.3 Å². The Morgan fingerprint density at radius 1 is 1.09 bits per heavy atom. The Kier molecular flexibility index (Phi) is 6.12. The normalized spacial score (nSPS) is 16.4. The fraction of sp³-hybridized carbons (Fsp3) is 0.320. The molecule has 1 saturated heterocycles. The first-order chi connectivity index (χ1) is 15.6. The zero-order valence-electron chi connectivity index (χ0n) is 19.2. The molecule has 4 amide bonds. The molecule has 0 aliphatic carbocycles. The number of hydrogen-bond donors (Lipinski definition) is 3. The van der Waals surface area contributed by atoms with Crippen molar-refractivity contribution in [2.75, 3.05) is 23.7 Å². The van der Waals surface area contributed by atoms with E-state index in [9.17, 15) is 14.4 Å². The topological polar surface area (TPSA) is 90.5 Å². The van der Waals surface area contributed by atoms with Crippen LogP contribution in [0, 0.1) is 0 Å². The Bertz CT molecular complexity index is 1220. The van der Waals surface area contributed by atoms with Gasteiger partial charge >= 0.3 is 6.03 Å². The Labute approximate surface area is 197 Å². The van der Waals surface area contributed by atoms with Crippen molar-refractivity contribution < 1.29 is 14.4 Å². The lowest BCUT2D eigenvalue weighted by atomic mass is 9.94. The minimum absolute atomic E-state index is 0.177. The van der Waals surface area contributed by atoms with Gasteiger partial charge in [-0.1, -0.05) is 57.2 Å². The third-order valence-electron chi connectivity index (χ3n) is 5.73. The lowest BCUT2D eigenvalue weighted by molar-refractivity contribution is -0.127. The minimum atomic E-state index is -0.568. The number of fused-ring (bicyclic) bond motifs is 1. The predicted molar refractivity (Wildman–Crippen MR) is 133 cm³/mol. The number of urea groups is 1. The highest BCUT2D eigenvalue weighted by Crippen LogP contribution is 2.37. The summed E-state index contributed by atoms with van der Waals surface area (Å²) in [5.74, 6) is -0.436. The number of piperazine rings is 1. The predicted octanol–water partition coefficient (Wildman–Crippen LogP) is 4.80. The number of amides is 4. The van der Waals surface area contributed by atoms with Gasteiger partial charge in [0.15, 0.2) is 0 Å². The molecule has 33 heavy (non-hydrogen) atoms. The molecule has 1 fully saturated rings. The van der Waals surface area contributed by atoms with Gasteiger partial charge in [-0.15, -0.1) is 11.3 Å². The summed E-state index contributed by atoms with van der Waals surface area (Å²) in [5, 5.41) is 11.0. The molecule has 1 unspecified atom stereocenters. The molecule has 1 atom stereocenters. The van der Waals surface area contributed by atoms with Crippen LogP contribution in [0.4, 0.5) is 15.5 Å². The molecule has 3 aromatic rings. The van der Waals surface area contributed by atoms with Crippen LogP contribution in [0.3, 0.4) is 0 Å². The molecule has 8 heteroatoms. The van der Waals surface area contributed by atoms with Crippen LogP contribution < -0.4 is 16.0 Å². The van der Waals surface area contributed by atoms with Crippen LogP contribution in [-0.2, 0) is 10.2 Å². The number of rotatable bonds is 3. The molecule has 0 bridgehead atoms. The van der Waals surface area contributed by atoms with Crippen molar-refractivity contribution in [1.29, 1.82) is 0 Å². The van der Waals surface area contributed by atoms with E-state index in [0.717, 1.165) is 15.6 Å². The summed E-state index contributed by atoms with van der Waals surface area (Å²) < 4.78 is 0. The van der Waals surface area contributed by atoms with Crippen molar-refractivity contribution in [3.63, 3.8) is 0 Å². The number of nitrogens with one attached hydrogen (secondary N) is 3. The number of carbonyl (C=O) groups excluding carboxylic acids is 3. The van der Waals surface area contributed by atoms with Gasteiger partial charge in [-0.2, -0.15) is 0 Å². The SMILES string of the molecule is CC1C(=O)NCCN1C(=O)c1cc(C(C)(C)C)sc1NC(=O)Nc1cccc2ccccc12. The number of benzene rings is 2. The summed E-state index contributed by atoms with van der Waals surface area (Å²) in [6.07, 6.45) is 0. The lowest BCUT2D eigenvalue weighted by Gasteiger charge is -2.32. The van der Waals surface area contributed by atoms with Crippen molar-refractivity contribution in [3.05, 3.63) is 59.0 Å². The summed E-state index contributed by atoms with van der Waals surface area (Å²) >= 11 is 1.38. The van der Waals surface area contributed by atoms with Gasteiger partial charge in [0.25, 0.3) is 5.91 Å². The summed E-state index contributed by atoms with van der Waals surface area (Å²) in [7, 11) is 0. The number of nitrogens with zero attached hydrogens (tertiary/aromatic N) is 1. The van der Waals surface area contributed by atoms with Gasteiger partial charge < -0.3 is 15.5 Å². The molecular weight excluding hydrogens is 436 g/mol. The smallest absolute Gasteiger partial charge is 0.324 e. The molecule has 172 valence electrons. The third kappa shape index (κ3) is 4.71. The first-order valence-corrected chi connectivity index (χ1v) is 11.8. The third-order valence-corrected chi connectivity index (χ3v) is 7.20. The second-order valence-electron chi connectivity index (χ2n) is 9.17. The van der Waals surface area contributed by atoms with Gasteiger partial charge in [-0.25, -0.2) is 4.79 Å². The minimum Gasteiger partial charge on any atom is -0.353 e. The fourth-order valence-corrected chi connectivity index (χ4v) is 4.92. The Balaban J connectivity index is 1.62. The molecule has 3 N–H and O–H groups in total. The summed E-state index contributed by atoms with van der Waals surface area (Å²) in [4.78, 5) is 41.0. The molecule has 2 aromatic carbocycles. The highest BCUT2D eigenvalue weighted by atomic mass is 32.1. The fourth-order valence-electron chi connectivity index (χ4n) is 3.82. The van der Waals surface area contributed by atoms with E-state index in [2.05, 4.69) is 36.7 Å². The standard InChI is InChI=1S/C25H28N4O3S/c1-15-21(30)26-12-13-29(15)23(31)18-14-20(25(2,3)4)33-22(18)28-24(32)27-19-11-7-9-16-8-5-6-10-17(16)19/h5-11,14-15H,12-13H2,1-4H3,(H,26,30)(H2,27,28,32). The van der Waals surface area contributed by atoms with E-state index in [1.54, 1.807) is 11.8 Å². The first-order valence-electron chi connectivity index (χ1n) is 10.9. The van der Waals surface area contributed by atoms with Gasteiger partial charge in [-0.3, -0.25) is 14.9 Å². The lowest BCUT2D eigenvalue weighted by Crippen LogP contribution is -2.55. The average molecular weight is 465 g/mol. The van der Waals surface area contributed by atoms with Crippen LogP contribution >= 0.6 is 11.3 Å². The van der Waals surface area contributed by atoms with E-state index in [0.29, 0.717) is 29.3 Å². The molecule has 4 rings (SSSR count). The van der Waals surface area contributed by atoms with Gasteiger partial charge in [0.2, 0.25) is 5.91 Å². The molecule has 2 heterocycles. The molecule has 7 nitrogen and oxygen atoms in total. The molecule has 0 radical (unpaired) electrons. The van der Waals surface area contributed by atoms with Crippen molar-refractivity contribution in [2.45, 2.75) is 39.2 Å². The zero-order chi connectivity index (χ0) is 23.8. The molecule has 0 spiro atoms. The van der Waals surface area contributed by atoms with Gasteiger partial charge in [-0.05, 0) is 29.9 Å². The van der Waals surface area contributed by atoms with E-state index >= 15 is 0 Å². The number of anilines is 2. The number of thiophene rings is 1. The average Bonchev–Trinajstić information content (AvgIpc) is 3.19. The highest BCUT2D eigenvalue weighted by Gasteiger charge is 2.33. The Hall–Kier alpha value is -3.39. The molecule has 1 aromatic heterocycles. The molecule has 0 saturated carbocycles. The maximum atomic E-state index is 13.4. The Morgan fingerprint density at radius 3 is 2.58 bits per heavy atom. The monoisotopic (exact) mass is 464 g/mol. The van der Waals surface area contributed by atoms with E-state index in [4.69, 9.17) is 0 Å². The van der Waals surface area contributed by atoms with Crippen molar-refractivity contribution in [2.24, 2.45) is 0 Å². The van der Waals surface area contributed by atoms with E-state index in [-0.39, 0.29) is 17.2 Å². The first kappa shape index (κ1) is 22.8. The Morgan fingerprint density at radius 2 is 1.82 bits per heavy atom. The van der Waals surface area contributed by atoms with Gasteiger partial charge in [0.05, 0.1) is 11.3 Å². The molecule has 1 aliphatic rings. The van der Waals surface area contributed by atoms with Crippen LogP contribution in [0.2, 0.25) is 0 Å². The summed E-state index contributed by atoms with van der Waals surface area (Å²) in [6.45, 7) is 8.73. The maximum Gasteiger partial charge on any atom is 0.324 e. The second-order valence-corrected chi connectivity index (χ2v) is 10.2. The van der Waals surface area contributed by atoms with E-state index < -0.39 is 12.1 Å². The van der Waals surface area contributed by atoms with Crippen molar-refractivity contribution >= 4 is 50.6 Å². The van der Waals surface area contributed by atoms with Crippen LogP contribution in [-0.4, -0.2) is 41.9 Å².